The van der Waals surface area contributed by atoms with Crippen molar-refractivity contribution >= 4 is 10.9 Å². The molecule has 1 atom stereocenters. The fourth-order valence-electron chi connectivity index (χ4n) is 1.84. The molecule has 0 fully saturated rings. The SMILES string of the molecule is Cc1ccc2cc(C(N)CC(F)(F)F)ccc2n1. The first kappa shape index (κ1) is 12.8. The number of fused-ring (bicyclic) bond motifs is 1. The highest BCUT2D eigenvalue weighted by atomic mass is 19.4. The summed E-state index contributed by atoms with van der Waals surface area (Å²) in [4.78, 5) is 4.29. The molecule has 0 radical (unpaired) electrons. The van der Waals surface area contributed by atoms with Gasteiger partial charge in [0.2, 0.25) is 0 Å². The van der Waals surface area contributed by atoms with Crippen LogP contribution in [-0.4, -0.2) is 11.2 Å². The second kappa shape index (κ2) is 4.57. The number of halogens is 3. The van der Waals surface area contributed by atoms with Gasteiger partial charge in [-0.05, 0) is 30.7 Å². The molecule has 5 heteroatoms. The van der Waals surface area contributed by atoms with Crippen LogP contribution in [0.1, 0.15) is 23.7 Å². The van der Waals surface area contributed by atoms with Crippen molar-refractivity contribution in [1.82, 2.24) is 4.98 Å². The number of aryl methyl sites for hydroxylation is 1. The van der Waals surface area contributed by atoms with Crippen molar-refractivity contribution in [3.63, 3.8) is 0 Å². The highest BCUT2D eigenvalue weighted by Crippen LogP contribution is 2.29. The van der Waals surface area contributed by atoms with Crippen molar-refractivity contribution < 1.29 is 13.2 Å². The molecule has 0 aliphatic heterocycles. The third-order valence-electron chi connectivity index (χ3n) is 2.73. The number of pyridine rings is 1. The van der Waals surface area contributed by atoms with E-state index in [4.69, 9.17) is 5.73 Å². The van der Waals surface area contributed by atoms with Gasteiger partial charge in [-0.2, -0.15) is 13.2 Å². The molecule has 2 rings (SSSR count). The minimum Gasteiger partial charge on any atom is -0.324 e. The maximum atomic E-state index is 12.3. The summed E-state index contributed by atoms with van der Waals surface area (Å²) in [6, 6.07) is 7.59. The molecule has 0 saturated carbocycles. The monoisotopic (exact) mass is 254 g/mol. The lowest BCUT2D eigenvalue weighted by Crippen LogP contribution is -2.20. The molecule has 0 amide bonds. The number of alkyl halides is 3. The van der Waals surface area contributed by atoms with Gasteiger partial charge in [-0.15, -0.1) is 0 Å². The normalized spacial score (nSPS) is 13.8. The molecule has 2 aromatic rings. The molecule has 0 aliphatic carbocycles. The van der Waals surface area contributed by atoms with Gasteiger partial charge in [0, 0.05) is 17.1 Å². The van der Waals surface area contributed by atoms with Crippen LogP contribution in [0.15, 0.2) is 30.3 Å². The van der Waals surface area contributed by atoms with Crippen molar-refractivity contribution in [3.8, 4) is 0 Å². The molecule has 1 heterocycles. The summed E-state index contributed by atoms with van der Waals surface area (Å²) in [5.41, 5.74) is 7.67. The Kier molecular flexibility index (Phi) is 3.26. The maximum absolute atomic E-state index is 12.3. The molecule has 0 spiro atoms. The molecule has 1 aromatic heterocycles. The van der Waals surface area contributed by atoms with E-state index < -0.39 is 18.6 Å². The topological polar surface area (TPSA) is 38.9 Å². The number of rotatable bonds is 2. The quantitative estimate of drug-likeness (QED) is 0.890. The zero-order valence-corrected chi connectivity index (χ0v) is 9.83. The number of hydrogen-bond donors (Lipinski definition) is 1. The number of nitrogens with two attached hydrogens (primary N) is 1. The summed E-state index contributed by atoms with van der Waals surface area (Å²) in [6.07, 6.45) is -5.27. The molecule has 1 unspecified atom stereocenters. The maximum Gasteiger partial charge on any atom is 0.390 e. The molecule has 0 bridgehead atoms. The molecule has 18 heavy (non-hydrogen) atoms. The zero-order valence-electron chi connectivity index (χ0n) is 9.83. The van der Waals surface area contributed by atoms with Gasteiger partial charge in [0.25, 0.3) is 0 Å². The summed E-state index contributed by atoms with van der Waals surface area (Å²) in [5.74, 6) is 0. The molecule has 0 aliphatic rings. The van der Waals surface area contributed by atoms with Crippen LogP contribution >= 0.6 is 0 Å². The second-order valence-corrected chi connectivity index (χ2v) is 4.33. The van der Waals surface area contributed by atoms with Gasteiger partial charge in [-0.1, -0.05) is 12.1 Å². The average Bonchev–Trinajstić information content (AvgIpc) is 2.26. The Morgan fingerprint density at radius 2 is 1.94 bits per heavy atom. The lowest BCUT2D eigenvalue weighted by molar-refractivity contribution is -0.138. The first-order valence-corrected chi connectivity index (χ1v) is 5.55. The summed E-state index contributed by atoms with van der Waals surface area (Å²) in [5, 5.41) is 0.802. The van der Waals surface area contributed by atoms with E-state index in [1.807, 2.05) is 19.1 Å². The smallest absolute Gasteiger partial charge is 0.324 e. The van der Waals surface area contributed by atoms with E-state index in [2.05, 4.69) is 4.98 Å². The first-order valence-electron chi connectivity index (χ1n) is 5.55. The van der Waals surface area contributed by atoms with E-state index >= 15 is 0 Å². The average molecular weight is 254 g/mol. The van der Waals surface area contributed by atoms with Crippen LogP contribution in [0.2, 0.25) is 0 Å². The van der Waals surface area contributed by atoms with Crippen molar-refractivity contribution in [2.75, 3.05) is 0 Å². The van der Waals surface area contributed by atoms with Crippen molar-refractivity contribution in [2.24, 2.45) is 5.73 Å². The highest BCUT2D eigenvalue weighted by molar-refractivity contribution is 5.79. The van der Waals surface area contributed by atoms with E-state index in [1.54, 1.807) is 18.2 Å². The van der Waals surface area contributed by atoms with Crippen molar-refractivity contribution in [1.29, 1.82) is 0 Å². The first-order chi connectivity index (χ1) is 8.35. The molecular formula is C13H13F3N2. The Morgan fingerprint density at radius 3 is 2.61 bits per heavy atom. The standard InChI is InChI=1S/C13H13F3N2/c1-8-2-3-10-6-9(4-5-12(10)18-8)11(17)7-13(14,15)16/h2-6,11H,7,17H2,1H3. The van der Waals surface area contributed by atoms with Crippen LogP contribution in [0.25, 0.3) is 10.9 Å². The number of hydrogen-bond acceptors (Lipinski definition) is 2. The van der Waals surface area contributed by atoms with E-state index in [9.17, 15) is 13.2 Å². The second-order valence-electron chi connectivity index (χ2n) is 4.33. The zero-order chi connectivity index (χ0) is 13.3. The van der Waals surface area contributed by atoms with Crippen LogP contribution in [0.3, 0.4) is 0 Å². The molecule has 0 saturated heterocycles. The predicted molar refractivity (Wildman–Crippen MR) is 64.1 cm³/mol. The number of benzene rings is 1. The van der Waals surface area contributed by atoms with Gasteiger partial charge < -0.3 is 5.73 Å². The van der Waals surface area contributed by atoms with Crippen LogP contribution in [0, 0.1) is 6.92 Å². The van der Waals surface area contributed by atoms with Gasteiger partial charge >= 0.3 is 6.18 Å². The van der Waals surface area contributed by atoms with Crippen molar-refractivity contribution in [3.05, 3.63) is 41.6 Å². The molecule has 96 valence electrons. The molecule has 1 aromatic carbocycles. The fraction of sp³-hybridized carbons (Fsp3) is 0.308. The summed E-state index contributed by atoms with van der Waals surface area (Å²) in [6.45, 7) is 1.86. The lowest BCUT2D eigenvalue weighted by atomic mass is 10.0. The Morgan fingerprint density at radius 1 is 1.22 bits per heavy atom. The van der Waals surface area contributed by atoms with Gasteiger partial charge in [-0.25, -0.2) is 0 Å². The minimum absolute atomic E-state index is 0.477. The van der Waals surface area contributed by atoms with E-state index in [1.165, 1.54) is 0 Å². The van der Waals surface area contributed by atoms with E-state index in [0.717, 1.165) is 16.6 Å². The van der Waals surface area contributed by atoms with Crippen LogP contribution in [0.4, 0.5) is 13.2 Å². The summed E-state index contributed by atoms with van der Waals surface area (Å²) < 4.78 is 36.8. The molecule has 2 nitrogen and oxygen atoms in total. The molecular weight excluding hydrogens is 241 g/mol. The number of aromatic nitrogens is 1. The van der Waals surface area contributed by atoms with Gasteiger partial charge in [-0.3, -0.25) is 4.98 Å². The van der Waals surface area contributed by atoms with Gasteiger partial charge in [0.05, 0.1) is 11.9 Å². The minimum atomic E-state index is -4.25. The Balaban J connectivity index is 2.32. The van der Waals surface area contributed by atoms with Crippen molar-refractivity contribution in [2.45, 2.75) is 25.6 Å². The van der Waals surface area contributed by atoms with E-state index in [0.29, 0.717) is 5.56 Å². The Hall–Kier alpha value is -1.62. The third-order valence-corrected chi connectivity index (χ3v) is 2.73. The molecule has 2 N–H and O–H groups in total. The summed E-state index contributed by atoms with van der Waals surface area (Å²) in [7, 11) is 0. The highest BCUT2D eigenvalue weighted by Gasteiger charge is 2.30. The van der Waals surface area contributed by atoms with Crippen LogP contribution in [-0.2, 0) is 0 Å². The third kappa shape index (κ3) is 2.98. The lowest BCUT2D eigenvalue weighted by Gasteiger charge is -2.15. The van der Waals surface area contributed by atoms with Gasteiger partial charge in [0.15, 0.2) is 0 Å². The fourth-order valence-corrected chi connectivity index (χ4v) is 1.84. The number of nitrogens with zero attached hydrogens (tertiary/aromatic N) is 1. The largest absolute Gasteiger partial charge is 0.390 e. The Labute approximate surface area is 103 Å². The van der Waals surface area contributed by atoms with Crippen LogP contribution in [0.5, 0.6) is 0 Å². The predicted octanol–water partition coefficient (Wildman–Crippen LogP) is 3.50. The summed E-state index contributed by atoms with van der Waals surface area (Å²) >= 11 is 0. The van der Waals surface area contributed by atoms with E-state index in [-0.39, 0.29) is 0 Å². The van der Waals surface area contributed by atoms with Crippen LogP contribution < -0.4 is 5.73 Å². The van der Waals surface area contributed by atoms with Gasteiger partial charge in [0.1, 0.15) is 0 Å². The Bertz CT molecular complexity index is 564.